The molecule has 1 aromatic carbocycles. The van der Waals surface area contributed by atoms with E-state index in [1.807, 2.05) is 41.3 Å². The molecule has 0 spiro atoms. The molecule has 3 rings (SSSR count). The van der Waals surface area contributed by atoms with Crippen LogP contribution >= 0.6 is 0 Å². The van der Waals surface area contributed by atoms with E-state index in [2.05, 4.69) is 4.98 Å². The lowest BCUT2D eigenvalue weighted by Gasteiger charge is -2.15. The van der Waals surface area contributed by atoms with Crippen LogP contribution in [0.5, 0.6) is 0 Å². The molecule has 0 radical (unpaired) electrons. The zero-order valence-corrected chi connectivity index (χ0v) is 13.7. The molecule has 1 atom stereocenters. The molecule has 124 valence electrons. The molecule has 2 heterocycles. The molecule has 1 unspecified atom stereocenters. The number of hydrogen-bond acceptors (Lipinski definition) is 3. The lowest BCUT2D eigenvalue weighted by atomic mass is 9.97. The highest BCUT2D eigenvalue weighted by atomic mass is 16.2. The van der Waals surface area contributed by atoms with Crippen LogP contribution in [-0.2, 0) is 4.79 Å². The first-order chi connectivity index (χ1) is 11.6. The molecule has 1 aliphatic rings. The van der Waals surface area contributed by atoms with Crippen LogP contribution in [0.3, 0.4) is 0 Å². The molecule has 2 N–H and O–H groups in total. The standard InChI is InChI=1S/C19H21N3O2/c1-13(18(20)23)14-4-6-15(7-5-14)16-8-9-21-17(12-16)19(24)22-10-2-3-11-22/h4-9,12-13H,2-3,10-11H2,1H3,(H2,20,23). The quantitative estimate of drug-likeness (QED) is 0.939. The van der Waals surface area contributed by atoms with Crippen molar-refractivity contribution in [2.24, 2.45) is 5.73 Å². The maximum absolute atomic E-state index is 12.5. The summed E-state index contributed by atoms with van der Waals surface area (Å²) in [7, 11) is 0. The Kier molecular flexibility index (Phi) is 4.60. The van der Waals surface area contributed by atoms with E-state index < -0.39 is 0 Å². The zero-order valence-electron chi connectivity index (χ0n) is 13.7. The van der Waals surface area contributed by atoms with Crippen LogP contribution in [0.2, 0.25) is 0 Å². The summed E-state index contributed by atoms with van der Waals surface area (Å²) < 4.78 is 0. The molecule has 24 heavy (non-hydrogen) atoms. The van der Waals surface area contributed by atoms with Crippen molar-refractivity contribution in [2.45, 2.75) is 25.7 Å². The minimum Gasteiger partial charge on any atom is -0.369 e. The van der Waals surface area contributed by atoms with Crippen molar-refractivity contribution in [2.75, 3.05) is 13.1 Å². The maximum Gasteiger partial charge on any atom is 0.272 e. The zero-order chi connectivity index (χ0) is 17.1. The van der Waals surface area contributed by atoms with Crippen molar-refractivity contribution in [3.8, 4) is 11.1 Å². The summed E-state index contributed by atoms with van der Waals surface area (Å²) in [5, 5.41) is 0. The van der Waals surface area contributed by atoms with Crippen molar-refractivity contribution in [1.29, 1.82) is 0 Å². The predicted octanol–water partition coefficient (Wildman–Crippen LogP) is 2.57. The largest absolute Gasteiger partial charge is 0.369 e. The van der Waals surface area contributed by atoms with Gasteiger partial charge in [-0.1, -0.05) is 24.3 Å². The third-order valence-corrected chi connectivity index (χ3v) is 4.54. The van der Waals surface area contributed by atoms with Crippen LogP contribution in [0, 0.1) is 0 Å². The van der Waals surface area contributed by atoms with E-state index in [0.717, 1.165) is 42.6 Å². The van der Waals surface area contributed by atoms with Crippen molar-refractivity contribution in [3.05, 3.63) is 53.9 Å². The number of nitrogens with two attached hydrogens (primary N) is 1. The van der Waals surface area contributed by atoms with Crippen LogP contribution in [0.4, 0.5) is 0 Å². The molecule has 0 aliphatic carbocycles. The maximum atomic E-state index is 12.5. The van der Waals surface area contributed by atoms with Gasteiger partial charge in [-0.05, 0) is 48.6 Å². The number of hydrogen-bond donors (Lipinski definition) is 1. The van der Waals surface area contributed by atoms with Gasteiger partial charge >= 0.3 is 0 Å². The minimum atomic E-state index is -0.342. The average molecular weight is 323 g/mol. The Balaban J connectivity index is 1.83. The molecule has 0 saturated carbocycles. The third-order valence-electron chi connectivity index (χ3n) is 4.54. The number of pyridine rings is 1. The Bertz CT molecular complexity index is 749. The summed E-state index contributed by atoms with van der Waals surface area (Å²) in [5.74, 6) is -0.665. The van der Waals surface area contributed by atoms with E-state index in [0.29, 0.717) is 5.69 Å². The van der Waals surface area contributed by atoms with Gasteiger partial charge in [-0.25, -0.2) is 0 Å². The van der Waals surface area contributed by atoms with Gasteiger partial charge in [0.2, 0.25) is 5.91 Å². The fourth-order valence-electron chi connectivity index (χ4n) is 2.94. The number of nitrogens with zero attached hydrogens (tertiary/aromatic N) is 2. The lowest BCUT2D eigenvalue weighted by molar-refractivity contribution is -0.119. The van der Waals surface area contributed by atoms with Gasteiger partial charge in [-0.2, -0.15) is 0 Å². The highest BCUT2D eigenvalue weighted by Gasteiger charge is 2.20. The van der Waals surface area contributed by atoms with Gasteiger partial charge in [0.05, 0.1) is 5.92 Å². The number of benzene rings is 1. The Labute approximate surface area is 141 Å². The number of likely N-dealkylation sites (tertiary alicyclic amines) is 1. The first kappa shape index (κ1) is 16.2. The highest BCUT2D eigenvalue weighted by molar-refractivity contribution is 5.93. The number of primary amides is 1. The van der Waals surface area contributed by atoms with Crippen molar-refractivity contribution < 1.29 is 9.59 Å². The Morgan fingerprint density at radius 2 is 1.75 bits per heavy atom. The van der Waals surface area contributed by atoms with Gasteiger partial charge in [-0.15, -0.1) is 0 Å². The number of amides is 2. The van der Waals surface area contributed by atoms with Gasteiger partial charge in [0.1, 0.15) is 5.69 Å². The molecule has 1 aromatic heterocycles. The summed E-state index contributed by atoms with van der Waals surface area (Å²) in [6.07, 6.45) is 3.79. The Morgan fingerprint density at radius 3 is 2.38 bits per heavy atom. The first-order valence-electron chi connectivity index (χ1n) is 8.21. The smallest absolute Gasteiger partial charge is 0.272 e. The third kappa shape index (κ3) is 3.30. The number of rotatable bonds is 4. The molecular weight excluding hydrogens is 302 g/mol. The first-order valence-corrected chi connectivity index (χ1v) is 8.21. The fourth-order valence-corrected chi connectivity index (χ4v) is 2.94. The van der Waals surface area contributed by atoms with E-state index in [1.54, 1.807) is 13.1 Å². The number of aromatic nitrogens is 1. The van der Waals surface area contributed by atoms with E-state index >= 15 is 0 Å². The van der Waals surface area contributed by atoms with Crippen LogP contribution in [0.25, 0.3) is 11.1 Å². The molecule has 5 heteroatoms. The van der Waals surface area contributed by atoms with Crippen LogP contribution in [0.15, 0.2) is 42.6 Å². The molecule has 2 amide bonds. The molecular formula is C19H21N3O2. The van der Waals surface area contributed by atoms with E-state index in [-0.39, 0.29) is 17.7 Å². The number of carbonyl (C=O) groups excluding carboxylic acids is 2. The van der Waals surface area contributed by atoms with Crippen molar-refractivity contribution in [1.82, 2.24) is 9.88 Å². The van der Waals surface area contributed by atoms with E-state index in [9.17, 15) is 9.59 Å². The summed E-state index contributed by atoms with van der Waals surface area (Å²) in [6, 6.07) is 11.4. The van der Waals surface area contributed by atoms with Gasteiger partial charge in [0, 0.05) is 19.3 Å². The molecule has 1 aliphatic heterocycles. The monoisotopic (exact) mass is 323 g/mol. The van der Waals surface area contributed by atoms with E-state index in [4.69, 9.17) is 5.73 Å². The normalized spacial score (nSPS) is 15.3. The topological polar surface area (TPSA) is 76.3 Å². The minimum absolute atomic E-state index is 0.00618. The van der Waals surface area contributed by atoms with Gasteiger partial charge in [-0.3, -0.25) is 14.6 Å². The predicted molar refractivity (Wildman–Crippen MR) is 92.4 cm³/mol. The second-order valence-electron chi connectivity index (χ2n) is 6.18. The summed E-state index contributed by atoms with van der Waals surface area (Å²) in [6.45, 7) is 3.41. The second-order valence-corrected chi connectivity index (χ2v) is 6.18. The molecule has 1 fully saturated rings. The lowest BCUT2D eigenvalue weighted by Crippen LogP contribution is -2.28. The Hall–Kier alpha value is -2.69. The van der Waals surface area contributed by atoms with Crippen LogP contribution in [0.1, 0.15) is 41.7 Å². The van der Waals surface area contributed by atoms with Crippen LogP contribution < -0.4 is 5.73 Å². The fraction of sp³-hybridized carbons (Fsp3) is 0.316. The number of carbonyl (C=O) groups is 2. The SMILES string of the molecule is CC(C(N)=O)c1ccc(-c2ccnc(C(=O)N3CCCC3)c2)cc1. The summed E-state index contributed by atoms with van der Waals surface area (Å²) >= 11 is 0. The molecule has 0 bridgehead atoms. The molecule has 2 aromatic rings. The van der Waals surface area contributed by atoms with Crippen LogP contribution in [-0.4, -0.2) is 34.8 Å². The van der Waals surface area contributed by atoms with E-state index in [1.165, 1.54) is 0 Å². The highest BCUT2D eigenvalue weighted by Crippen LogP contribution is 2.23. The van der Waals surface area contributed by atoms with Gasteiger partial charge < -0.3 is 10.6 Å². The second kappa shape index (κ2) is 6.83. The Morgan fingerprint density at radius 1 is 1.08 bits per heavy atom. The van der Waals surface area contributed by atoms with Crippen molar-refractivity contribution >= 4 is 11.8 Å². The van der Waals surface area contributed by atoms with Gasteiger partial charge in [0.15, 0.2) is 0 Å². The average Bonchev–Trinajstić information content (AvgIpc) is 3.15. The summed E-state index contributed by atoms with van der Waals surface area (Å²) in [4.78, 5) is 29.8. The van der Waals surface area contributed by atoms with Gasteiger partial charge in [0.25, 0.3) is 5.91 Å². The summed E-state index contributed by atoms with van der Waals surface area (Å²) in [5.41, 5.74) is 8.62. The molecule has 1 saturated heterocycles. The molecule has 5 nitrogen and oxygen atoms in total. The van der Waals surface area contributed by atoms with Crippen molar-refractivity contribution in [3.63, 3.8) is 0 Å².